The standard InChI is InChI=1S/C11H22N2S/c1-9(13(2)11(12)14)10-7-5-3-4-6-8-10/h5,7,9-11,14H,3-4,6,8,12H2,1-2H3. The Morgan fingerprint density at radius 3 is 2.86 bits per heavy atom. The first-order chi connectivity index (χ1) is 6.63. The average molecular weight is 214 g/mol. The molecule has 0 radical (unpaired) electrons. The highest BCUT2D eigenvalue weighted by Crippen LogP contribution is 2.23. The van der Waals surface area contributed by atoms with Crippen molar-refractivity contribution >= 4 is 12.6 Å². The van der Waals surface area contributed by atoms with Crippen LogP contribution in [0.1, 0.15) is 32.6 Å². The summed E-state index contributed by atoms with van der Waals surface area (Å²) in [4.78, 5) is 2.13. The lowest BCUT2D eigenvalue weighted by molar-refractivity contribution is 0.196. The fraction of sp³-hybridized carbons (Fsp3) is 0.818. The molecule has 0 aliphatic heterocycles. The van der Waals surface area contributed by atoms with Crippen molar-refractivity contribution in [1.82, 2.24) is 4.90 Å². The van der Waals surface area contributed by atoms with Gasteiger partial charge in [-0.3, -0.25) is 4.90 Å². The van der Waals surface area contributed by atoms with E-state index in [1.807, 2.05) is 7.05 Å². The minimum absolute atomic E-state index is 0.151. The van der Waals surface area contributed by atoms with Crippen LogP contribution in [0, 0.1) is 5.92 Å². The van der Waals surface area contributed by atoms with Crippen LogP contribution in [-0.4, -0.2) is 23.5 Å². The lowest BCUT2D eigenvalue weighted by Gasteiger charge is -2.32. The van der Waals surface area contributed by atoms with Gasteiger partial charge in [-0.05, 0) is 39.2 Å². The van der Waals surface area contributed by atoms with E-state index in [1.165, 1.54) is 25.7 Å². The minimum Gasteiger partial charge on any atom is -0.307 e. The normalized spacial score (nSPS) is 27.4. The second-order valence-electron chi connectivity index (χ2n) is 4.20. The van der Waals surface area contributed by atoms with Gasteiger partial charge in [0.15, 0.2) is 0 Å². The number of thiol groups is 1. The van der Waals surface area contributed by atoms with Crippen molar-refractivity contribution in [3.63, 3.8) is 0 Å². The van der Waals surface area contributed by atoms with Gasteiger partial charge in [0, 0.05) is 6.04 Å². The molecule has 0 amide bonds. The molecule has 1 aliphatic carbocycles. The monoisotopic (exact) mass is 214 g/mol. The average Bonchev–Trinajstić information content (AvgIpc) is 2.43. The van der Waals surface area contributed by atoms with Gasteiger partial charge < -0.3 is 5.73 Å². The highest BCUT2D eigenvalue weighted by Gasteiger charge is 2.21. The molecule has 0 aromatic rings. The summed E-state index contributed by atoms with van der Waals surface area (Å²) < 4.78 is 0. The Morgan fingerprint density at radius 2 is 2.21 bits per heavy atom. The largest absolute Gasteiger partial charge is 0.307 e. The second kappa shape index (κ2) is 5.79. The highest BCUT2D eigenvalue weighted by atomic mass is 32.1. The second-order valence-corrected chi connectivity index (χ2v) is 4.73. The van der Waals surface area contributed by atoms with Gasteiger partial charge in [0.1, 0.15) is 5.50 Å². The third kappa shape index (κ3) is 3.30. The van der Waals surface area contributed by atoms with E-state index in [0.29, 0.717) is 12.0 Å². The number of hydrogen-bond acceptors (Lipinski definition) is 3. The Hall–Kier alpha value is 0.0100. The molecule has 0 aromatic carbocycles. The lowest BCUT2D eigenvalue weighted by atomic mass is 9.95. The van der Waals surface area contributed by atoms with Crippen LogP contribution in [0.25, 0.3) is 0 Å². The molecule has 0 aromatic heterocycles. The maximum absolute atomic E-state index is 5.75. The van der Waals surface area contributed by atoms with Crippen LogP contribution in [0.4, 0.5) is 0 Å². The van der Waals surface area contributed by atoms with E-state index in [-0.39, 0.29) is 5.50 Å². The van der Waals surface area contributed by atoms with Crippen LogP contribution in [-0.2, 0) is 0 Å². The smallest absolute Gasteiger partial charge is 0.103 e. The molecule has 2 N–H and O–H groups in total. The Morgan fingerprint density at radius 1 is 1.50 bits per heavy atom. The van der Waals surface area contributed by atoms with Crippen molar-refractivity contribution in [3.05, 3.63) is 12.2 Å². The summed E-state index contributed by atoms with van der Waals surface area (Å²) in [5.41, 5.74) is 5.60. The van der Waals surface area contributed by atoms with Crippen LogP contribution in [0.5, 0.6) is 0 Å². The van der Waals surface area contributed by atoms with Crippen LogP contribution in [0.3, 0.4) is 0 Å². The predicted octanol–water partition coefficient (Wildman–Crippen LogP) is 2.23. The van der Waals surface area contributed by atoms with Gasteiger partial charge >= 0.3 is 0 Å². The zero-order chi connectivity index (χ0) is 10.6. The molecule has 0 spiro atoms. The molecule has 14 heavy (non-hydrogen) atoms. The molecule has 0 heterocycles. The predicted molar refractivity (Wildman–Crippen MR) is 65.3 cm³/mol. The molecular formula is C11H22N2S. The van der Waals surface area contributed by atoms with E-state index in [1.54, 1.807) is 0 Å². The molecule has 0 saturated carbocycles. The van der Waals surface area contributed by atoms with E-state index >= 15 is 0 Å². The molecule has 0 saturated heterocycles. The first-order valence-corrected chi connectivity index (χ1v) is 5.97. The van der Waals surface area contributed by atoms with Crippen LogP contribution in [0.15, 0.2) is 12.2 Å². The third-order valence-corrected chi connectivity index (χ3v) is 3.59. The van der Waals surface area contributed by atoms with Gasteiger partial charge in [0.05, 0.1) is 0 Å². The number of nitrogens with two attached hydrogens (primary N) is 1. The quantitative estimate of drug-likeness (QED) is 0.428. The van der Waals surface area contributed by atoms with Crippen molar-refractivity contribution < 1.29 is 0 Å². The van der Waals surface area contributed by atoms with E-state index in [4.69, 9.17) is 5.73 Å². The summed E-state index contributed by atoms with van der Waals surface area (Å²) in [5.74, 6) is 0.640. The summed E-state index contributed by atoms with van der Waals surface area (Å²) in [7, 11) is 2.04. The zero-order valence-corrected chi connectivity index (χ0v) is 10.1. The summed E-state index contributed by atoms with van der Waals surface area (Å²) in [6.45, 7) is 2.23. The molecule has 0 fully saturated rings. The zero-order valence-electron chi connectivity index (χ0n) is 9.19. The van der Waals surface area contributed by atoms with Crippen molar-refractivity contribution in [2.45, 2.75) is 44.1 Å². The van der Waals surface area contributed by atoms with Gasteiger partial charge in [-0.25, -0.2) is 0 Å². The number of hydrogen-bond donors (Lipinski definition) is 2. The highest BCUT2D eigenvalue weighted by molar-refractivity contribution is 7.80. The summed E-state index contributed by atoms with van der Waals surface area (Å²) in [5, 5.41) is 0. The SMILES string of the molecule is CC(C1C=CCCCC1)N(C)C(N)S. The van der Waals surface area contributed by atoms with Crippen molar-refractivity contribution in [3.8, 4) is 0 Å². The first-order valence-electron chi connectivity index (χ1n) is 5.45. The maximum Gasteiger partial charge on any atom is 0.103 e. The van der Waals surface area contributed by atoms with Gasteiger partial charge in [0.25, 0.3) is 0 Å². The van der Waals surface area contributed by atoms with E-state index in [9.17, 15) is 0 Å². The molecule has 82 valence electrons. The van der Waals surface area contributed by atoms with Crippen LogP contribution in [0.2, 0.25) is 0 Å². The van der Waals surface area contributed by atoms with Crippen molar-refractivity contribution in [2.75, 3.05) is 7.05 Å². The molecule has 0 bridgehead atoms. The Labute approximate surface area is 92.9 Å². The molecular weight excluding hydrogens is 192 g/mol. The van der Waals surface area contributed by atoms with E-state index < -0.39 is 0 Å². The van der Waals surface area contributed by atoms with Gasteiger partial charge in [-0.15, -0.1) is 12.6 Å². The van der Waals surface area contributed by atoms with Crippen molar-refractivity contribution in [2.24, 2.45) is 11.7 Å². The minimum atomic E-state index is -0.151. The summed E-state index contributed by atoms with van der Waals surface area (Å²) in [6.07, 6.45) is 9.84. The first kappa shape index (κ1) is 12.1. The van der Waals surface area contributed by atoms with Gasteiger partial charge in [-0.2, -0.15) is 0 Å². The van der Waals surface area contributed by atoms with Gasteiger partial charge in [0.2, 0.25) is 0 Å². The topological polar surface area (TPSA) is 29.3 Å². The van der Waals surface area contributed by atoms with Crippen molar-refractivity contribution in [1.29, 1.82) is 0 Å². The fourth-order valence-electron chi connectivity index (χ4n) is 1.95. The number of nitrogens with zero attached hydrogens (tertiary/aromatic N) is 1. The number of rotatable bonds is 3. The van der Waals surface area contributed by atoms with Crippen LogP contribution >= 0.6 is 12.6 Å². The fourth-order valence-corrected chi connectivity index (χ4v) is 2.16. The molecule has 1 rings (SSSR count). The summed E-state index contributed by atoms with van der Waals surface area (Å²) in [6, 6.07) is 0.483. The molecule has 2 nitrogen and oxygen atoms in total. The van der Waals surface area contributed by atoms with Crippen LogP contribution < -0.4 is 5.73 Å². The van der Waals surface area contributed by atoms with E-state index in [0.717, 1.165) is 0 Å². The molecule has 3 atom stereocenters. The number of allylic oxidation sites excluding steroid dienone is 1. The molecule has 1 aliphatic rings. The maximum atomic E-state index is 5.75. The third-order valence-electron chi connectivity index (χ3n) is 3.22. The Kier molecular flexibility index (Phi) is 4.99. The molecule has 3 unspecified atom stereocenters. The molecule has 3 heteroatoms. The Bertz CT molecular complexity index is 192. The van der Waals surface area contributed by atoms with E-state index in [2.05, 4.69) is 36.6 Å². The Balaban J connectivity index is 2.53. The summed E-state index contributed by atoms with van der Waals surface area (Å²) >= 11 is 4.26. The lowest BCUT2D eigenvalue weighted by Crippen LogP contribution is -2.43. The van der Waals surface area contributed by atoms with Gasteiger partial charge in [-0.1, -0.05) is 18.6 Å².